The van der Waals surface area contributed by atoms with Crippen LogP contribution >= 0.6 is 0 Å². The van der Waals surface area contributed by atoms with Gasteiger partial charge in [-0.2, -0.15) is 0 Å². The fourth-order valence-electron chi connectivity index (χ4n) is 4.43. The summed E-state index contributed by atoms with van der Waals surface area (Å²) in [4.78, 5) is 18.0. The van der Waals surface area contributed by atoms with Gasteiger partial charge in [0.15, 0.2) is 0 Å². The van der Waals surface area contributed by atoms with Gasteiger partial charge in [-0.05, 0) is 36.5 Å². The van der Waals surface area contributed by atoms with Crippen LogP contribution in [0.15, 0.2) is 61.6 Å². The fraction of sp³-hybridized carbons (Fsp3) is 0.381. The third-order valence-electron chi connectivity index (χ3n) is 5.83. The van der Waals surface area contributed by atoms with Gasteiger partial charge in [-0.25, -0.2) is 9.97 Å². The zero-order valence-corrected chi connectivity index (χ0v) is 15.4. The largest absolute Gasteiger partial charge is 0.353 e. The van der Waals surface area contributed by atoms with E-state index in [0.717, 1.165) is 31.1 Å². The van der Waals surface area contributed by atoms with Gasteiger partial charge in [0.1, 0.15) is 5.82 Å². The van der Waals surface area contributed by atoms with Gasteiger partial charge in [0.2, 0.25) is 0 Å². The minimum atomic E-state index is 0.582. The molecule has 3 fully saturated rings. The minimum Gasteiger partial charge on any atom is -0.353 e. The van der Waals surface area contributed by atoms with Gasteiger partial charge in [0.05, 0.1) is 12.5 Å². The van der Waals surface area contributed by atoms with Crippen LogP contribution in [0.5, 0.6) is 0 Å². The Morgan fingerprint density at radius 1 is 0.926 bits per heavy atom. The zero-order valence-electron chi connectivity index (χ0n) is 15.4. The van der Waals surface area contributed by atoms with E-state index in [2.05, 4.69) is 49.0 Å². The molecule has 0 saturated carbocycles. The van der Waals surface area contributed by atoms with Gasteiger partial charge in [-0.3, -0.25) is 9.88 Å². The molecule has 5 heterocycles. The monoisotopic (exact) mass is 360 g/mol. The minimum absolute atomic E-state index is 0.582. The van der Waals surface area contributed by atoms with Crippen LogP contribution < -0.4 is 4.90 Å². The topological polar surface area (TPSA) is 50.1 Å². The molecule has 3 aliphatic rings. The number of fused-ring (bicyclic) bond motifs is 4. The summed E-state index contributed by atoms with van der Waals surface area (Å²) in [6.45, 7) is 4.32. The summed E-state index contributed by atoms with van der Waals surface area (Å²) in [5.74, 6) is 1.72. The second-order valence-corrected chi connectivity index (χ2v) is 7.63. The summed E-state index contributed by atoms with van der Waals surface area (Å²) in [6.07, 6.45) is 13.6. The van der Waals surface area contributed by atoms with E-state index in [1.54, 1.807) is 12.4 Å². The Bertz CT molecular complexity index is 861. The molecule has 0 radical (unpaired) electrons. The van der Waals surface area contributed by atoms with Crippen LogP contribution in [0.3, 0.4) is 0 Å². The summed E-state index contributed by atoms with van der Waals surface area (Å²) in [7, 11) is 0. The number of hydrogen-bond acceptors (Lipinski definition) is 5. The number of benzene rings is 1. The van der Waals surface area contributed by atoms with Gasteiger partial charge in [-0.15, -0.1) is 0 Å². The molecule has 3 saturated heterocycles. The van der Waals surface area contributed by atoms with Gasteiger partial charge in [0, 0.05) is 62.7 Å². The number of anilines is 1. The van der Waals surface area contributed by atoms with Crippen molar-refractivity contribution in [1.82, 2.24) is 24.4 Å². The van der Waals surface area contributed by atoms with Crippen molar-refractivity contribution in [3.63, 3.8) is 0 Å². The molecule has 0 spiro atoms. The second kappa shape index (κ2) is 7.12. The molecule has 2 bridgehead atoms. The Labute approximate surface area is 159 Å². The van der Waals surface area contributed by atoms with Crippen molar-refractivity contribution in [2.45, 2.75) is 25.4 Å². The maximum Gasteiger partial charge on any atom is 0.147 e. The predicted molar refractivity (Wildman–Crippen MR) is 105 cm³/mol. The van der Waals surface area contributed by atoms with Crippen LogP contribution in [-0.4, -0.2) is 50.1 Å². The molecule has 6 heteroatoms. The molecule has 0 amide bonds. The molecular formula is C21H24N6. The van der Waals surface area contributed by atoms with Gasteiger partial charge >= 0.3 is 0 Å². The quantitative estimate of drug-likeness (QED) is 0.716. The Morgan fingerprint density at radius 3 is 2.63 bits per heavy atom. The molecule has 138 valence electrons. The average molecular weight is 360 g/mol. The Hall–Kier alpha value is -2.73. The van der Waals surface area contributed by atoms with Crippen molar-refractivity contribution in [2.24, 2.45) is 5.92 Å². The molecule has 0 aliphatic carbocycles. The van der Waals surface area contributed by atoms with E-state index in [1.807, 2.05) is 29.5 Å². The molecule has 1 aromatic carbocycles. The highest BCUT2D eigenvalue weighted by atomic mass is 15.3. The van der Waals surface area contributed by atoms with E-state index in [-0.39, 0.29) is 0 Å². The van der Waals surface area contributed by atoms with Gasteiger partial charge < -0.3 is 9.47 Å². The Kier molecular flexibility index (Phi) is 4.33. The summed E-state index contributed by atoms with van der Waals surface area (Å²) in [6, 6.07) is 9.43. The molecule has 6 nitrogen and oxygen atoms in total. The van der Waals surface area contributed by atoms with Crippen molar-refractivity contribution in [3.8, 4) is 5.69 Å². The lowest BCUT2D eigenvalue weighted by Gasteiger charge is -2.36. The zero-order chi connectivity index (χ0) is 18.1. The fourth-order valence-corrected chi connectivity index (χ4v) is 4.43. The summed E-state index contributed by atoms with van der Waals surface area (Å²) >= 11 is 0. The van der Waals surface area contributed by atoms with E-state index < -0.39 is 0 Å². The molecule has 27 heavy (non-hydrogen) atoms. The SMILES string of the molecule is c1cnc(N2C[C@@H]3CC[C@H](C2)N(Cc2ccc(-n4ccnc4)cc2)C3)cn1. The highest BCUT2D eigenvalue weighted by Crippen LogP contribution is 2.31. The number of nitrogens with zero attached hydrogens (tertiary/aromatic N) is 6. The number of aromatic nitrogens is 4. The van der Waals surface area contributed by atoms with E-state index in [9.17, 15) is 0 Å². The first-order chi connectivity index (χ1) is 13.3. The van der Waals surface area contributed by atoms with Crippen LogP contribution in [0.4, 0.5) is 5.82 Å². The lowest BCUT2D eigenvalue weighted by molar-refractivity contribution is 0.126. The molecule has 0 unspecified atom stereocenters. The van der Waals surface area contributed by atoms with E-state index in [1.165, 1.54) is 24.9 Å². The highest BCUT2D eigenvalue weighted by Gasteiger charge is 2.35. The van der Waals surface area contributed by atoms with Crippen molar-refractivity contribution in [3.05, 3.63) is 67.1 Å². The van der Waals surface area contributed by atoms with Crippen molar-refractivity contribution in [2.75, 3.05) is 24.5 Å². The third kappa shape index (κ3) is 3.45. The molecule has 6 rings (SSSR count). The van der Waals surface area contributed by atoms with E-state index >= 15 is 0 Å². The average Bonchev–Trinajstić information content (AvgIpc) is 3.11. The molecular weight excluding hydrogens is 336 g/mol. The summed E-state index contributed by atoms with van der Waals surface area (Å²) in [5, 5.41) is 0. The number of hydrogen-bond donors (Lipinski definition) is 0. The number of rotatable bonds is 4. The first-order valence-electron chi connectivity index (χ1n) is 9.67. The second-order valence-electron chi connectivity index (χ2n) is 7.63. The lowest BCUT2D eigenvalue weighted by atomic mass is 9.94. The molecule has 3 aliphatic heterocycles. The maximum atomic E-state index is 4.52. The van der Waals surface area contributed by atoms with Crippen LogP contribution in [0, 0.1) is 5.92 Å². The maximum absolute atomic E-state index is 4.52. The van der Waals surface area contributed by atoms with Crippen LogP contribution in [0.2, 0.25) is 0 Å². The molecule has 2 aromatic heterocycles. The van der Waals surface area contributed by atoms with E-state index in [0.29, 0.717) is 12.0 Å². The van der Waals surface area contributed by atoms with Crippen molar-refractivity contribution < 1.29 is 0 Å². The van der Waals surface area contributed by atoms with Crippen LogP contribution in [0.25, 0.3) is 5.69 Å². The summed E-state index contributed by atoms with van der Waals surface area (Å²) in [5.41, 5.74) is 2.53. The van der Waals surface area contributed by atoms with Crippen molar-refractivity contribution >= 4 is 5.82 Å². The predicted octanol–water partition coefficient (Wildman–Crippen LogP) is 2.76. The standard InChI is InChI=1S/C21H24N6/c1-4-19(25-10-9-23-16-25)5-2-17(1)12-26-13-18-3-6-20(26)15-27(14-18)21-11-22-7-8-24-21/h1-2,4-5,7-11,16,18,20H,3,6,12-15H2/t18-,20-/m1/s1. The third-order valence-corrected chi connectivity index (χ3v) is 5.83. The molecule has 0 N–H and O–H groups in total. The van der Waals surface area contributed by atoms with Crippen molar-refractivity contribution in [1.29, 1.82) is 0 Å². The van der Waals surface area contributed by atoms with Gasteiger partial charge in [-0.1, -0.05) is 12.1 Å². The Balaban J connectivity index is 1.30. The number of piperidine rings is 1. The normalized spacial score (nSPS) is 22.7. The molecule has 3 aromatic rings. The van der Waals surface area contributed by atoms with Gasteiger partial charge in [0.25, 0.3) is 0 Å². The summed E-state index contributed by atoms with van der Waals surface area (Å²) < 4.78 is 2.04. The molecule has 2 atom stereocenters. The first kappa shape index (κ1) is 16.4. The van der Waals surface area contributed by atoms with Crippen LogP contribution in [0.1, 0.15) is 18.4 Å². The smallest absolute Gasteiger partial charge is 0.147 e. The number of imidazole rings is 1. The first-order valence-corrected chi connectivity index (χ1v) is 9.67. The highest BCUT2D eigenvalue weighted by molar-refractivity contribution is 5.37. The lowest BCUT2D eigenvalue weighted by Crippen LogP contribution is -2.43. The van der Waals surface area contributed by atoms with E-state index in [4.69, 9.17) is 0 Å². The Morgan fingerprint density at radius 2 is 1.85 bits per heavy atom. The van der Waals surface area contributed by atoms with Crippen LogP contribution in [-0.2, 0) is 6.54 Å².